The van der Waals surface area contributed by atoms with Gasteiger partial charge in [-0.2, -0.15) is 0 Å². The maximum Gasteiger partial charge on any atom is 0.257 e. The zero-order valence-corrected chi connectivity index (χ0v) is 9.65. The van der Waals surface area contributed by atoms with Gasteiger partial charge in [-0.05, 0) is 31.2 Å². The summed E-state index contributed by atoms with van der Waals surface area (Å²) in [5.74, 6) is 0.759. The van der Waals surface area contributed by atoms with Crippen molar-refractivity contribution in [3.63, 3.8) is 0 Å². The van der Waals surface area contributed by atoms with Crippen molar-refractivity contribution in [2.45, 2.75) is 25.3 Å². The fraction of sp³-hybridized carbons (Fsp3) is 0.500. The summed E-state index contributed by atoms with van der Waals surface area (Å²) in [4.78, 5) is 18.2. The molecule has 1 saturated heterocycles. The second kappa shape index (κ2) is 3.74. The van der Waals surface area contributed by atoms with Crippen molar-refractivity contribution >= 4 is 17.5 Å². The molecule has 1 saturated carbocycles. The monoisotopic (exact) mass is 236 g/mol. The van der Waals surface area contributed by atoms with Gasteiger partial charge >= 0.3 is 0 Å². The van der Waals surface area contributed by atoms with E-state index in [4.69, 9.17) is 11.6 Å². The Morgan fingerprint density at radius 2 is 2.38 bits per heavy atom. The van der Waals surface area contributed by atoms with Crippen molar-refractivity contribution in [1.82, 2.24) is 9.88 Å². The molecule has 0 spiro atoms. The molecule has 2 heterocycles. The number of aromatic nitrogens is 1. The van der Waals surface area contributed by atoms with Gasteiger partial charge in [0.05, 0.1) is 10.6 Å². The molecular formula is C12H13ClN2O. The van der Waals surface area contributed by atoms with Gasteiger partial charge in [-0.3, -0.25) is 9.78 Å². The van der Waals surface area contributed by atoms with Gasteiger partial charge in [0.1, 0.15) is 0 Å². The van der Waals surface area contributed by atoms with Crippen LogP contribution in [0.2, 0.25) is 5.02 Å². The number of fused-ring (bicyclic) bond motifs is 2. The predicted molar refractivity (Wildman–Crippen MR) is 61.4 cm³/mol. The lowest BCUT2D eigenvalue weighted by molar-refractivity contribution is 0.0703. The lowest BCUT2D eigenvalue weighted by Gasteiger charge is -2.27. The standard InChI is InChI=1S/C12H13ClN2O/c13-11-3-4-14-6-10(11)12(16)15-7-8-1-2-9(15)5-8/h3-4,6,8-9H,1-2,5,7H2. The van der Waals surface area contributed by atoms with Crippen LogP contribution < -0.4 is 0 Å². The van der Waals surface area contributed by atoms with Gasteiger partial charge in [0.2, 0.25) is 0 Å². The Morgan fingerprint density at radius 1 is 1.50 bits per heavy atom. The van der Waals surface area contributed by atoms with E-state index in [1.165, 1.54) is 12.8 Å². The van der Waals surface area contributed by atoms with Crippen molar-refractivity contribution in [3.8, 4) is 0 Å². The highest BCUT2D eigenvalue weighted by atomic mass is 35.5. The predicted octanol–water partition coefficient (Wildman–Crippen LogP) is 2.36. The molecule has 2 atom stereocenters. The number of piperidine rings is 1. The summed E-state index contributed by atoms with van der Waals surface area (Å²) in [7, 11) is 0. The Kier molecular flexibility index (Phi) is 2.36. The van der Waals surface area contributed by atoms with E-state index in [2.05, 4.69) is 4.98 Å². The first-order valence-electron chi connectivity index (χ1n) is 5.66. The lowest BCUT2D eigenvalue weighted by atomic mass is 10.1. The topological polar surface area (TPSA) is 33.2 Å². The fourth-order valence-electron chi connectivity index (χ4n) is 2.86. The van der Waals surface area contributed by atoms with Crippen LogP contribution in [0.15, 0.2) is 18.5 Å². The number of hydrogen-bond donors (Lipinski definition) is 0. The Hall–Kier alpha value is -1.09. The van der Waals surface area contributed by atoms with Crippen LogP contribution in [0.4, 0.5) is 0 Å². The normalized spacial score (nSPS) is 27.4. The molecule has 84 valence electrons. The Bertz CT molecular complexity index is 435. The lowest BCUT2D eigenvalue weighted by Crippen LogP contribution is -2.37. The van der Waals surface area contributed by atoms with Gasteiger partial charge < -0.3 is 4.90 Å². The average Bonchev–Trinajstić information content (AvgIpc) is 2.90. The van der Waals surface area contributed by atoms with E-state index in [0.29, 0.717) is 22.5 Å². The summed E-state index contributed by atoms with van der Waals surface area (Å²) >= 11 is 6.01. The molecule has 3 nitrogen and oxygen atoms in total. The molecule has 2 fully saturated rings. The summed E-state index contributed by atoms with van der Waals surface area (Å²) in [5, 5.41) is 0.503. The number of hydrogen-bond acceptors (Lipinski definition) is 2. The Morgan fingerprint density at radius 3 is 3.00 bits per heavy atom. The highest BCUT2D eigenvalue weighted by Gasteiger charge is 2.40. The van der Waals surface area contributed by atoms with Crippen LogP contribution in [-0.2, 0) is 0 Å². The van der Waals surface area contributed by atoms with E-state index >= 15 is 0 Å². The zero-order chi connectivity index (χ0) is 11.1. The third-order valence-corrected chi connectivity index (χ3v) is 4.00. The molecule has 1 aliphatic heterocycles. The highest BCUT2D eigenvalue weighted by molar-refractivity contribution is 6.33. The first-order valence-corrected chi connectivity index (χ1v) is 6.04. The zero-order valence-electron chi connectivity index (χ0n) is 8.90. The van der Waals surface area contributed by atoms with E-state index in [9.17, 15) is 4.79 Å². The molecule has 1 aromatic heterocycles. The van der Waals surface area contributed by atoms with Gasteiger partial charge in [0, 0.05) is 25.0 Å². The molecule has 4 heteroatoms. The number of carbonyl (C=O) groups is 1. The van der Waals surface area contributed by atoms with E-state index in [1.807, 2.05) is 4.90 Å². The van der Waals surface area contributed by atoms with Crippen molar-refractivity contribution in [2.75, 3.05) is 6.54 Å². The molecule has 2 unspecified atom stereocenters. The molecule has 16 heavy (non-hydrogen) atoms. The minimum absolute atomic E-state index is 0.0466. The van der Waals surface area contributed by atoms with Crippen molar-refractivity contribution in [3.05, 3.63) is 29.0 Å². The first kappa shape index (κ1) is 10.1. The van der Waals surface area contributed by atoms with E-state index in [0.717, 1.165) is 13.0 Å². The number of likely N-dealkylation sites (tertiary alicyclic amines) is 1. The third kappa shape index (κ3) is 1.50. The van der Waals surface area contributed by atoms with Gasteiger partial charge in [0.25, 0.3) is 5.91 Å². The number of amides is 1. The van der Waals surface area contributed by atoms with E-state index in [-0.39, 0.29) is 5.91 Å². The molecule has 0 radical (unpaired) electrons. The molecule has 0 aromatic carbocycles. The largest absolute Gasteiger partial charge is 0.335 e. The van der Waals surface area contributed by atoms with Crippen LogP contribution in [-0.4, -0.2) is 28.4 Å². The number of halogens is 1. The summed E-state index contributed by atoms with van der Waals surface area (Å²) < 4.78 is 0. The SMILES string of the molecule is O=C(c1cnccc1Cl)N1CC2CCC1C2. The second-order valence-electron chi connectivity index (χ2n) is 4.65. The first-order chi connectivity index (χ1) is 7.75. The third-order valence-electron chi connectivity index (χ3n) is 3.67. The Labute approximate surface area is 99.4 Å². The molecule has 2 bridgehead atoms. The van der Waals surface area contributed by atoms with E-state index < -0.39 is 0 Å². The highest BCUT2D eigenvalue weighted by Crippen LogP contribution is 2.38. The quantitative estimate of drug-likeness (QED) is 0.750. The summed E-state index contributed by atoms with van der Waals surface area (Å²) in [6.07, 6.45) is 6.76. The summed E-state index contributed by atoms with van der Waals surface area (Å²) in [5.41, 5.74) is 0.539. The van der Waals surface area contributed by atoms with Crippen molar-refractivity contribution in [1.29, 1.82) is 0 Å². The van der Waals surface area contributed by atoms with Crippen LogP contribution >= 0.6 is 11.6 Å². The van der Waals surface area contributed by atoms with Crippen LogP contribution in [0.3, 0.4) is 0 Å². The van der Waals surface area contributed by atoms with Gasteiger partial charge in [-0.25, -0.2) is 0 Å². The molecule has 1 aromatic rings. The van der Waals surface area contributed by atoms with Crippen LogP contribution in [0.5, 0.6) is 0 Å². The maximum absolute atomic E-state index is 12.3. The van der Waals surface area contributed by atoms with Crippen LogP contribution in [0.1, 0.15) is 29.6 Å². The van der Waals surface area contributed by atoms with Crippen LogP contribution in [0, 0.1) is 5.92 Å². The second-order valence-corrected chi connectivity index (χ2v) is 5.05. The number of pyridine rings is 1. The fourth-order valence-corrected chi connectivity index (χ4v) is 3.05. The molecule has 3 rings (SSSR count). The van der Waals surface area contributed by atoms with Gasteiger partial charge in [-0.1, -0.05) is 11.6 Å². The van der Waals surface area contributed by atoms with Crippen molar-refractivity contribution < 1.29 is 4.79 Å². The maximum atomic E-state index is 12.3. The number of carbonyl (C=O) groups excluding carboxylic acids is 1. The molecule has 1 aliphatic carbocycles. The minimum Gasteiger partial charge on any atom is -0.335 e. The smallest absolute Gasteiger partial charge is 0.257 e. The summed E-state index contributed by atoms with van der Waals surface area (Å²) in [6, 6.07) is 2.11. The molecule has 1 amide bonds. The van der Waals surface area contributed by atoms with Gasteiger partial charge in [-0.15, -0.1) is 0 Å². The Balaban J connectivity index is 1.86. The van der Waals surface area contributed by atoms with Crippen molar-refractivity contribution in [2.24, 2.45) is 5.92 Å². The van der Waals surface area contributed by atoms with Gasteiger partial charge in [0.15, 0.2) is 0 Å². The molecule has 0 N–H and O–H groups in total. The number of rotatable bonds is 1. The summed E-state index contributed by atoms with van der Waals surface area (Å²) in [6.45, 7) is 0.898. The minimum atomic E-state index is 0.0466. The number of nitrogens with zero attached hydrogens (tertiary/aromatic N) is 2. The molecular weight excluding hydrogens is 224 g/mol. The average molecular weight is 237 g/mol. The van der Waals surface area contributed by atoms with E-state index in [1.54, 1.807) is 18.5 Å². The molecule has 2 aliphatic rings. The van der Waals surface area contributed by atoms with Crippen LogP contribution in [0.25, 0.3) is 0 Å².